The molecule has 0 bridgehead atoms. The summed E-state index contributed by atoms with van der Waals surface area (Å²) in [6.07, 6.45) is 0. The van der Waals surface area contributed by atoms with Crippen LogP contribution in [0.5, 0.6) is 0 Å². The van der Waals surface area contributed by atoms with E-state index in [1.54, 1.807) is 23.1 Å². The molecule has 104 valence electrons. The summed E-state index contributed by atoms with van der Waals surface area (Å²) in [5.74, 6) is 0.638. The largest absolute Gasteiger partial charge is 0.312 e. The number of rotatable bonds is 6. The molecule has 4 heteroatoms. The second-order valence-corrected chi connectivity index (χ2v) is 7.29. The third kappa shape index (κ3) is 4.38. The van der Waals surface area contributed by atoms with Crippen LogP contribution >= 0.6 is 23.1 Å². The molecule has 0 aliphatic carbocycles. The van der Waals surface area contributed by atoms with E-state index in [1.165, 1.54) is 4.21 Å². The van der Waals surface area contributed by atoms with Crippen LogP contribution in [0.25, 0.3) is 0 Å². The first-order chi connectivity index (χ1) is 9.69. The summed E-state index contributed by atoms with van der Waals surface area (Å²) in [4.78, 5) is 1.03. The molecule has 1 N–H and O–H groups in total. The summed E-state index contributed by atoms with van der Waals surface area (Å²) in [6.45, 7) is 6.19. The van der Waals surface area contributed by atoms with E-state index < -0.39 is 0 Å². The summed E-state index contributed by atoms with van der Waals surface area (Å²) in [7, 11) is 0. The van der Waals surface area contributed by atoms with E-state index in [0.717, 1.165) is 29.1 Å². The van der Waals surface area contributed by atoms with Crippen LogP contribution in [0, 0.1) is 17.2 Å². The molecular weight excluding hydrogens is 284 g/mol. The Hall–Kier alpha value is -1.28. The van der Waals surface area contributed by atoms with E-state index >= 15 is 0 Å². The lowest BCUT2D eigenvalue weighted by molar-refractivity contribution is 0.552. The molecule has 1 heterocycles. The molecule has 2 rings (SSSR count). The Kier molecular flexibility index (Phi) is 5.66. The highest BCUT2D eigenvalue weighted by Crippen LogP contribution is 2.33. The van der Waals surface area contributed by atoms with Crippen LogP contribution in [-0.4, -0.2) is 6.54 Å². The predicted molar refractivity (Wildman–Crippen MR) is 86.1 cm³/mol. The van der Waals surface area contributed by atoms with Gasteiger partial charge < -0.3 is 5.32 Å². The first-order valence-corrected chi connectivity index (χ1v) is 8.33. The van der Waals surface area contributed by atoms with Crippen molar-refractivity contribution in [2.45, 2.75) is 29.5 Å². The second kappa shape index (κ2) is 7.49. The van der Waals surface area contributed by atoms with E-state index in [9.17, 15) is 5.26 Å². The molecule has 0 spiro atoms. The van der Waals surface area contributed by atoms with E-state index in [0.29, 0.717) is 5.92 Å². The van der Waals surface area contributed by atoms with Gasteiger partial charge in [0.15, 0.2) is 0 Å². The summed E-state index contributed by atoms with van der Waals surface area (Å²) in [6, 6.07) is 12.6. The first kappa shape index (κ1) is 15.1. The van der Waals surface area contributed by atoms with E-state index in [4.69, 9.17) is 0 Å². The highest BCUT2D eigenvalue weighted by atomic mass is 32.2. The zero-order valence-electron chi connectivity index (χ0n) is 11.7. The normalized spacial score (nSPS) is 10.7. The van der Waals surface area contributed by atoms with Gasteiger partial charge in [0.25, 0.3) is 0 Å². The predicted octanol–water partition coefficient (Wildman–Crippen LogP) is 4.52. The Morgan fingerprint density at radius 3 is 2.85 bits per heavy atom. The minimum atomic E-state index is 0.638. The lowest BCUT2D eigenvalue weighted by Gasteiger charge is -2.09. The minimum Gasteiger partial charge on any atom is -0.312 e. The van der Waals surface area contributed by atoms with Crippen molar-refractivity contribution >= 4 is 23.1 Å². The van der Waals surface area contributed by atoms with Crippen LogP contribution < -0.4 is 5.32 Å². The molecule has 0 aliphatic heterocycles. The Morgan fingerprint density at radius 1 is 1.35 bits per heavy atom. The Balaban J connectivity index is 2.06. The van der Waals surface area contributed by atoms with Gasteiger partial charge in [0.05, 0.1) is 9.77 Å². The fraction of sp³-hybridized carbons (Fsp3) is 0.312. The Labute approximate surface area is 128 Å². The van der Waals surface area contributed by atoms with Crippen LogP contribution in [-0.2, 0) is 6.54 Å². The van der Waals surface area contributed by atoms with Crippen LogP contribution in [0.4, 0.5) is 0 Å². The van der Waals surface area contributed by atoms with Gasteiger partial charge in [-0.3, -0.25) is 0 Å². The zero-order chi connectivity index (χ0) is 14.4. The molecule has 20 heavy (non-hydrogen) atoms. The molecule has 2 aromatic rings. The SMILES string of the molecule is CC(C)CNCc1ccc(Sc2cccs2)c(C#N)c1. The maximum absolute atomic E-state index is 9.30. The zero-order valence-corrected chi connectivity index (χ0v) is 13.4. The molecular formula is C16H18N2S2. The number of thiophene rings is 1. The number of hydrogen-bond donors (Lipinski definition) is 1. The Bertz CT molecular complexity index is 583. The third-order valence-corrected chi connectivity index (χ3v) is 4.87. The molecule has 0 atom stereocenters. The summed E-state index contributed by atoms with van der Waals surface area (Å²) >= 11 is 3.36. The van der Waals surface area contributed by atoms with Crippen LogP contribution in [0.1, 0.15) is 25.0 Å². The van der Waals surface area contributed by atoms with Gasteiger partial charge >= 0.3 is 0 Å². The number of nitrogens with one attached hydrogen (secondary N) is 1. The van der Waals surface area contributed by atoms with Crippen molar-refractivity contribution in [1.82, 2.24) is 5.32 Å². The van der Waals surface area contributed by atoms with Gasteiger partial charge in [-0.2, -0.15) is 5.26 Å². The molecule has 0 amide bonds. The molecule has 0 saturated carbocycles. The van der Waals surface area contributed by atoms with Crippen molar-refractivity contribution in [3.05, 3.63) is 46.8 Å². The van der Waals surface area contributed by atoms with Gasteiger partial charge in [0.2, 0.25) is 0 Å². The maximum Gasteiger partial charge on any atom is 0.100 e. The van der Waals surface area contributed by atoms with Crippen molar-refractivity contribution in [1.29, 1.82) is 5.26 Å². The molecule has 2 nitrogen and oxygen atoms in total. The van der Waals surface area contributed by atoms with E-state index in [1.807, 2.05) is 12.1 Å². The maximum atomic E-state index is 9.30. The molecule has 0 saturated heterocycles. The Morgan fingerprint density at radius 2 is 2.20 bits per heavy atom. The first-order valence-electron chi connectivity index (χ1n) is 6.64. The monoisotopic (exact) mass is 302 g/mol. The topological polar surface area (TPSA) is 35.8 Å². The fourth-order valence-electron chi connectivity index (χ4n) is 1.80. The highest BCUT2D eigenvalue weighted by molar-refractivity contribution is 8.01. The number of benzene rings is 1. The van der Waals surface area contributed by atoms with Crippen LogP contribution in [0.3, 0.4) is 0 Å². The van der Waals surface area contributed by atoms with Crippen molar-refractivity contribution in [2.24, 2.45) is 5.92 Å². The van der Waals surface area contributed by atoms with Crippen molar-refractivity contribution in [3.8, 4) is 6.07 Å². The lowest BCUT2D eigenvalue weighted by Crippen LogP contribution is -2.18. The molecule has 0 radical (unpaired) electrons. The van der Waals surface area contributed by atoms with E-state index in [-0.39, 0.29) is 0 Å². The fourth-order valence-corrected chi connectivity index (χ4v) is 3.59. The number of hydrogen-bond acceptors (Lipinski definition) is 4. The third-order valence-electron chi connectivity index (χ3n) is 2.75. The van der Waals surface area contributed by atoms with Gasteiger partial charge in [-0.25, -0.2) is 0 Å². The summed E-state index contributed by atoms with van der Waals surface area (Å²) < 4.78 is 1.21. The van der Waals surface area contributed by atoms with Gasteiger partial charge in [0.1, 0.15) is 6.07 Å². The van der Waals surface area contributed by atoms with Crippen molar-refractivity contribution < 1.29 is 0 Å². The molecule has 0 fully saturated rings. The average Bonchev–Trinajstić information content (AvgIpc) is 2.93. The number of nitriles is 1. The van der Waals surface area contributed by atoms with Crippen molar-refractivity contribution in [2.75, 3.05) is 6.54 Å². The smallest absolute Gasteiger partial charge is 0.100 e. The van der Waals surface area contributed by atoms with Gasteiger partial charge in [-0.1, -0.05) is 37.7 Å². The summed E-state index contributed by atoms with van der Waals surface area (Å²) in [5, 5.41) is 14.8. The van der Waals surface area contributed by atoms with Gasteiger partial charge in [0, 0.05) is 11.4 Å². The second-order valence-electron chi connectivity index (χ2n) is 5.00. The quantitative estimate of drug-likeness (QED) is 0.852. The van der Waals surface area contributed by atoms with Crippen molar-refractivity contribution in [3.63, 3.8) is 0 Å². The molecule has 0 unspecified atom stereocenters. The average molecular weight is 302 g/mol. The minimum absolute atomic E-state index is 0.638. The van der Waals surface area contributed by atoms with E-state index in [2.05, 4.69) is 48.8 Å². The molecule has 1 aromatic heterocycles. The molecule has 0 aliphatic rings. The highest BCUT2D eigenvalue weighted by Gasteiger charge is 2.06. The van der Waals surface area contributed by atoms with Gasteiger partial charge in [-0.05, 0) is 41.6 Å². The van der Waals surface area contributed by atoms with Crippen LogP contribution in [0.15, 0.2) is 44.8 Å². The lowest BCUT2D eigenvalue weighted by atomic mass is 10.1. The standard InChI is InChI=1S/C16H18N2S2/c1-12(2)10-18-11-13-5-6-15(14(8-13)9-17)20-16-4-3-7-19-16/h3-8,12,18H,10-11H2,1-2H3. The van der Waals surface area contributed by atoms with Gasteiger partial charge in [-0.15, -0.1) is 11.3 Å². The number of nitrogens with zero attached hydrogens (tertiary/aromatic N) is 1. The van der Waals surface area contributed by atoms with Crippen LogP contribution in [0.2, 0.25) is 0 Å². The summed E-state index contributed by atoms with van der Waals surface area (Å²) in [5.41, 5.74) is 1.92. The molecule has 1 aromatic carbocycles.